The van der Waals surface area contributed by atoms with Gasteiger partial charge in [-0.25, -0.2) is 4.39 Å². The number of rotatable bonds is 7. The zero-order chi connectivity index (χ0) is 18.4. The van der Waals surface area contributed by atoms with Crippen molar-refractivity contribution in [3.05, 3.63) is 83.9 Å². The van der Waals surface area contributed by atoms with Crippen LogP contribution in [-0.4, -0.2) is 18.6 Å². The summed E-state index contributed by atoms with van der Waals surface area (Å²) in [6.45, 7) is 2.81. The average Bonchev–Trinajstić information content (AvgIpc) is 2.70. The third-order valence-electron chi connectivity index (χ3n) is 4.53. The van der Waals surface area contributed by atoms with E-state index in [0.29, 0.717) is 24.3 Å². The summed E-state index contributed by atoms with van der Waals surface area (Å²) in [5.74, 6) is 0.0217. The Balaban J connectivity index is 1.58. The highest BCUT2D eigenvalue weighted by Crippen LogP contribution is 2.22. The Hall–Kier alpha value is -2.72. The van der Waals surface area contributed by atoms with Gasteiger partial charge in [0.1, 0.15) is 0 Å². The topological polar surface area (TPSA) is 34.1 Å². The quantitative estimate of drug-likeness (QED) is 0.665. The van der Waals surface area contributed by atoms with E-state index in [2.05, 4.69) is 41.5 Å². The molecule has 0 bridgehead atoms. The summed E-state index contributed by atoms with van der Waals surface area (Å²) >= 11 is 0. The molecule has 1 unspecified atom stereocenters. The lowest BCUT2D eigenvalue weighted by Gasteiger charge is -2.15. The van der Waals surface area contributed by atoms with Crippen molar-refractivity contribution in [3.8, 4) is 16.9 Å². The summed E-state index contributed by atoms with van der Waals surface area (Å²) in [4.78, 5) is 4.05. The molecule has 26 heavy (non-hydrogen) atoms. The highest BCUT2D eigenvalue weighted by atomic mass is 19.1. The lowest BCUT2D eigenvalue weighted by Crippen LogP contribution is -2.21. The van der Waals surface area contributed by atoms with E-state index >= 15 is 0 Å². The fourth-order valence-corrected chi connectivity index (χ4v) is 2.96. The van der Waals surface area contributed by atoms with Crippen molar-refractivity contribution in [1.82, 2.24) is 10.3 Å². The molecule has 134 valence electrons. The first-order valence-corrected chi connectivity index (χ1v) is 8.74. The molecule has 0 saturated carbocycles. The second-order valence-corrected chi connectivity index (χ2v) is 6.22. The number of halogens is 1. The highest BCUT2D eigenvalue weighted by Gasteiger charge is 2.09. The Morgan fingerprint density at radius 2 is 1.69 bits per heavy atom. The number of hydrogen-bond acceptors (Lipinski definition) is 3. The van der Waals surface area contributed by atoms with Crippen LogP contribution in [0.3, 0.4) is 0 Å². The molecule has 3 aromatic rings. The monoisotopic (exact) mass is 350 g/mol. The van der Waals surface area contributed by atoms with Crippen LogP contribution in [0.25, 0.3) is 11.1 Å². The Bertz CT molecular complexity index is 835. The second kappa shape index (κ2) is 8.59. The minimum absolute atomic E-state index is 0.190. The molecule has 4 heteroatoms. The first-order chi connectivity index (χ1) is 12.7. The summed E-state index contributed by atoms with van der Waals surface area (Å²) in [5, 5.41) is 3.45. The maximum Gasteiger partial charge on any atom is 0.168 e. The van der Waals surface area contributed by atoms with Gasteiger partial charge in [-0.05, 0) is 60.3 Å². The molecule has 3 rings (SSSR count). The number of nitrogens with zero attached hydrogens (tertiary/aromatic N) is 1. The van der Waals surface area contributed by atoms with Gasteiger partial charge < -0.3 is 10.1 Å². The third kappa shape index (κ3) is 4.27. The van der Waals surface area contributed by atoms with E-state index in [1.165, 1.54) is 18.2 Å². The maximum absolute atomic E-state index is 14.2. The van der Waals surface area contributed by atoms with Gasteiger partial charge >= 0.3 is 0 Å². The SMILES string of the molecule is COc1cccc(CCNC(C)c2ccc(-c3ccncc3)cc2)c1F. The molecule has 2 aromatic carbocycles. The smallest absolute Gasteiger partial charge is 0.168 e. The summed E-state index contributed by atoms with van der Waals surface area (Å²) in [5.41, 5.74) is 4.19. The summed E-state index contributed by atoms with van der Waals surface area (Å²) < 4.78 is 19.2. The fourth-order valence-electron chi connectivity index (χ4n) is 2.96. The molecular formula is C22H23FN2O. The van der Waals surface area contributed by atoms with Crippen molar-refractivity contribution in [1.29, 1.82) is 0 Å². The van der Waals surface area contributed by atoms with E-state index in [1.807, 2.05) is 18.2 Å². The minimum atomic E-state index is -0.272. The Morgan fingerprint density at radius 3 is 2.38 bits per heavy atom. The Kier molecular flexibility index (Phi) is 5.97. The number of pyridine rings is 1. The molecule has 0 radical (unpaired) electrons. The highest BCUT2D eigenvalue weighted by molar-refractivity contribution is 5.62. The van der Waals surface area contributed by atoms with Crippen LogP contribution in [0.5, 0.6) is 5.75 Å². The summed E-state index contributed by atoms with van der Waals surface area (Å²) in [7, 11) is 1.48. The number of nitrogens with one attached hydrogen (secondary N) is 1. The molecule has 1 heterocycles. The molecule has 0 aliphatic rings. The van der Waals surface area contributed by atoms with Gasteiger partial charge in [0.25, 0.3) is 0 Å². The zero-order valence-corrected chi connectivity index (χ0v) is 15.1. The van der Waals surface area contributed by atoms with Crippen molar-refractivity contribution in [2.75, 3.05) is 13.7 Å². The molecular weight excluding hydrogens is 327 g/mol. The van der Waals surface area contributed by atoms with E-state index in [4.69, 9.17) is 4.74 Å². The third-order valence-corrected chi connectivity index (χ3v) is 4.53. The van der Waals surface area contributed by atoms with Gasteiger partial charge in [-0.2, -0.15) is 0 Å². The summed E-state index contributed by atoms with van der Waals surface area (Å²) in [6.07, 6.45) is 4.21. The lowest BCUT2D eigenvalue weighted by atomic mass is 10.0. The van der Waals surface area contributed by atoms with Crippen LogP contribution in [0, 0.1) is 5.82 Å². The first-order valence-electron chi connectivity index (χ1n) is 8.74. The van der Waals surface area contributed by atoms with Gasteiger partial charge in [0.15, 0.2) is 11.6 Å². The lowest BCUT2D eigenvalue weighted by molar-refractivity contribution is 0.383. The molecule has 0 saturated heterocycles. The predicted molar refractivity (Wildman–Crippen MR) is 103 cm³/mol. The molecule has 0 aliphatic heterocycles. The van der Waals surface area contributed by atoms with Gasteiger partial charge in [-0.1, -0.05) is 36.4 Å². The van der Waals surface area contributed by atoms with Crippen LogP contribution >= 0.6 is 0 Å². The van der Waals surface area contributed by atoms with E-state index < -0.39 is 0 Å². The largest absolute Gasteiger partial charge is 0.494 e. The second-order valence-electron chi connectivity index (χ2n) is 6.22. The van der Waals surface area contributed by atoms with Crippen molar-refractivity contribution in [2.24, 2.45) is 0 Å². The molecule has 3 nitrogen and oxygen atoms in total. The van der Waals surface area contributed by atoms with E-state index in [1.54, 1.807) is 24.5 Å². The first kappa shape index (κ1) is 18.1. The molecule has 0 spiro atoms. The molecule has 1 N–H and O–H groups in total. The van der Waals surface area contributed by atoms with E-state index in [-0.39, 0.29) is 11.9 Å². The van der Waals surface area contributed by atoms with Gasteiger partial charge in [0, 0.05) is 18.4 Å². The molecule has 0 fully saturated rings. The molecule has 0 aliphatic carbocycles. The zero-order valence-electron chi connectivity index (χ0n) is 15.1. The van der Waals surface area contributed by atoms with Gasteiger partial charge in [0.2, 0.25) is 0 Å². The predicted octanol–water partition coefficient (Wildman–Crippen LogP) is 4.79. The fraction of sp³-hybridized carbons (Fsp3) is 0.227. The molecule has 1 atom stereocenters. The number of ether oxygens (including phenoxy) is 1. The van der Waals surface area contributed by atoms with Crippen molar-refractivity contribution in [2.45, 2.75) is 19.4 Å². The minimum Gasteiger partial charge on any atom is -0.494 e. The van der Waals surface area contributed by atoms with Crippen LogP contribution < -0.4 is 10.1 Å². The maximum atomic E-state index is 14.2. The normalized spacial score (nSPS) is 12.0. The number of benzene rings is 2. The van der Waals surface area contributed by atoms with Crippen LogP contribution in [-0.2, 0) is 6.42 Å². The standard InChI is InChI=1S/C22H23FN2O/c1-16(25-15-12-20-4-3-5-21(26-2)22(20)23)17-6-8-18(9-7-17)19-10-13-24-14-11-19/h3-11,13-14,16,25H,12,15H2,1-2H3. The number of hydrogen-bond donors (Lipinski definition) is 1. The summed E-state index contributed by atoms with van der Waals surface area (Å²) in [6, 6.07) is 17.9. The molecule has 0 amide bonds. The van der Waals surface area contributed by atoms with Crippen LogP contribution in [0.1, 0.15) is 24.1 Å². The van der Waals surface area contributed by atoms with Crippen molar-refractivity contribution < 1.29 is 9.13 Å². The van der Waals surface area contributed by atoms with Crippen LogP contribution in [0.2, 0.25) is 0 Å². The Labute approximate surface area is 153 Å². The van der Waals surface area contributed by atoms with Crippen LogP contribution in [0.4, 0.5) is 4.39 Å². The molecule has 1 aromatic heterocycles. The van der Waals surface area contributed by atoms with Crippen molar-refractivity contribution >= 4 is 0 Å². The number of methoxy groups -OCH3 is 1. The van der Waals surface area contributed by atoms with Gasteiger partial charge in [-0.3, -0.25) is 4.98 Å². The van der Waals surface area contributed by atoms with Gasteiger partial charge in [0.05, 0.1) is 7.11 Å². The van der Waals surface area contributed by atoms with E-state index in [0.717, 1.165) is 5.56 Å². The number of aromatic nitrogens is 1. The van der Waals surface area contributed by atoms with Gasteiger partial charge in [-0.15, -0.1) is 0 Å². The van der Waals surface area contributed by atoms with E-state index in [9.17, 15) is 4.39 Å². The van der Waals surface area contributed by atoms with Crippen LogP contribution in [0.15, 0.2) is 67.0 Å². The average molecular weight is 350 g/mol. The van der Waals surface area contributed by atoms with Crippen molar-refractivity contribution in [3.63, 3.8) is 0 Å². The Morgan fingerprint density at radius 1 is 1.00 bits per heavy atom.